The molecule has 1 rings (SSSR count). The van der Waals surface area contributed by atoms with Crippen molar-refractivity contribution in [3.8, 4) is 5.75 Å². The predicted octanol–water partition coefficient (Wildman–Crippen LogP) is 0.952. The number of hydrogen-bond donors (Lipinski definition) is 3. The Morgan fingerprint density at radius 1 is 1.37 bits per heavy atom. The van der Waals surface area contributed by atoms with E-state index in [4.69, 9.17) is 9.84 Å². The van der Waals surface area contributed by atoms with E-state index in [1.165, 1.54) is 0 Å². The summed E-state index contributed by atoms with van der Waals surface area (Å²) in [6, 6.07) is 7.34. The molecule has 0 bridgehead atoms. The van der Waals surface area contributed by atoms with E-state index in [2.05, 4.69) is 5.32 Å². The molecule has 0 aliphatic carbocycles. The van der Waals surface area contributed by atoms with Crippen LogP contribution in [0.4, 0.5) is 8.78 Å². The lowest BCUT2D eigenvalue weighted by molar-refractivity contribution is -0.0493. The van der Waals surface area contributed by atoms with Crippen LogP contribution in [-0.2, 0) is 0 Å². The number of halogens is 2. The fourth-order valence-corrected chi connectivity index (χ4v) is 1.44. The van der Waals surface area contributed by atoms with E-state index in [1.54, 1.807) is 6.07 Å². The number of benzene rings is 1. The van der Waals surface area contributed by atoms with Crippen LogP contribution in [0, 0.1) is 6.92 Å². The molecule has 0 fully saturated rings. The Bertz CT molecular complexity index is 388. The standard InChI is InChI=1S/C13H19F2NO3/c1-10-4-2-3-5-12(10)19-7-11(18)6-16-8-13(14,15)9-17/h2-5,11,16-18H,6-9H2,1H3. The zero-order valence-electron chi connectivity index (χ0n) is 10.8. The van der Waals surface area contributed by atoms with Crippen LogP contribution in [0.2, 0.25) is 0 Å². The highest BCUT2D eigenvalue weighted by molar-refractivity contribution is 5.31. The molecule has 0 aromatic heterocycles. The van der Waals surface area contributed by atoms with Crippen LogP contribution in [0.1, 0.15) is 5.56 Å². The van der Waals surface area contributed by atoms with Crippen molar-refractivity contribution in [2.75, 3.05) is 26.3 Å². The maximum atomic E-state index is 12.7. The van der Waals surface area contributed by atoms with Crippen LogP contribution >= 0.6 is 0 Å². The zero-order valence-corrected chi connectivity index (χ0v) is 10.8. The first kappa shape index (κ1) is 15.8. The highest BCUT2D eigenvalue weighted by atomic mass is 19.3. The number of rotatable bonds is 8. The van der Waals surface area contributed by atoms with Crippen molar-refractivity contribution in [2.24, 2.45) is 0 Å². The average Bonchev–Trinajstić information content (AvgIpc) is 2.37. The Morgan fingerprint density at radius 2 is 2.05 bits per heavy atom. The van der Waals surface area contributed by atoms with Gasteiger partial charge >= 0.3 is 0 Å². The molecule has 1 atom stereocenters. The van der Waals surface area contributed by atoms with Gasteiger partial charge in [0.1, 0.15) is 25.1 Å². The monoisotopic (exact) mass is 275 g/mol. The molecule has 0 radical (unpaired) electrons. The quantitative estimate of drug-likeness (QED) is 0.661. The second-order valence-corrected chi connectivity index (χ2v) is 4.38. The first-order chi connectivity index (χ1) is 8.94. The number of aliphatic hydroxyl groups excluding tert-OH is 2. The molecule has 19 heavy (non-hydrogen) atoms. The lowest BCUT2D eigenvalue weighted by Crippen LogP contribution is -2.40. The van der Waals surface area contributed by atoms with Gasteiger partial charge in [-0.15, -0.1) is 0 Å². The van der Waals surface area contributed by atoms with Gasteiger partial charge in [0.05, 0.1) is 6.54 Å². The van der Waals surface area contributed by atoms with Gasteiger partial charge in [0.2, 0.25) is 0 Å². The van der Waals surface area contributed by atoms with Crippen molar-refractivity contribution < 1.29 is 23.7 Å². The molecule has 1 unspecified atom stereocenters. The zero-order chi connectivity index (χ0) is 14.3. The summed E-state index contributed by atoms with van der Waals surface area (Å²) in [6.07, 6.45) is -0.894. The molecule has 0 aliphatic heterocycles. The molecule has 0 saturated carbocycles. The van der Waals surface area contributed by atoms with E-state index in [0.717, 1.165) is 5.56 Å². The van der Waals surface area contributed by atoms with Crippen molar-refractivity contribution >= 4 is 0 Å². The highest BCUT2D eigenvalue weighted by Crippen LogP contribution is 2.16. The van der Waals surface area contributed by atoms with Gasteiger partial charge in [0, 0.05) is 6.54 Å². The van der Waals surface area contributed by atoms with Crippen molar-refractivity contribution in [3.05, 3.63) is 29.8 Å². The number of para-hydroxylation sites is 1. The summed E-state index contributed by atoms with van der Waals surface area (Å²) in [6.45, 7) is -0.0213. The number of alkyl halides is 2. The normalized spacial score (nSPS) is 13.3. The number of ether oxygens (including phenoxy) is 1. The van der Waals surface area contributed by atoms with Crippen LogP contribution in [0.5, 0.6) is 5.75 Å². The smallest absolute Gasteiger partial charge is 0.282 e. The largest absolute Gasteiger partial charge is 0.491 e. The van der Waals surface area contributed by atoms with Crippen molar-refractivity contribution in [1.82, 2.24) is 5.32 Å². The molecule has 6 heteroatoms. The predicted molar refractivity (Wildman–Crippen MR) is 67.6 cm³/mol. The SMILES string of the molecule is Cc1ccccc1OCC(O)CNCC(F)(F)CO. The Kier molecular flexibility index (Phi) is 6.14. The van der Waals surface area contributed by atoms with Crippen molar-refractivity contribution in [2.45, 2.75) is 19.0 Å². The molecule has 0 aliphatic rings. The van der Waals surface area contributed by atoms with Gasteiger partial charge in [-0.25, -0.2) is 8.78 Å². The van der Waals surface area contributed by atoms with E-state index < -0.39 is 25.2 Å². The van der Waals surface area contributed by atoms with Crippen LogP contribution in [0.25, 0.3) is 0 Å². The first-order valence-electron chi connectivity index (χ1n) is 6.00. The first-order valence-corrected chi connectivity index (χ1v) is 6.00. The minimum absolute atomic E-state index is 0.0164. The maximum absolute atomic E-state index is 12.7. The minimum Gasteiger partial charge on any atom is -0.491 e. The summed E-state index contributed by atoms with van der Waals surface area (Å²) < 4.78 is 30.7. The molecule has 0 saturated heterocycles. The van der Waals surface area contributed by atoms with Gasteiger partial charge < -0.3 is 20.3 Å². The van der Waals surface area contributed by atoms with Gasteiger partial charge in [-0.05, 0) is 18.6 Å². The summed E-state index contributed by atoms with van der Waals surface area (Å²) in [5.41, 5.74) is 0.939. The number of aryl methyl sites for hydroxylation is 1. The number of nitrogens with one attached hydrogen (secondary N) is 1. The van der Waals surface area contributed by atoms with E-state index in [0.29, 0.717) is 5.75 Å². The number of aliphatic hydroxyl groups is 2. The average molecular weight is 275 g/mol. The molecule has 0 amide bonds. The van der Waals surface area contributed by atoms with Gasteiger partial charge in [0.25, 0.3) is 5.92 Å². The molecule has 1 aromatic rings. The molecule has 1 aromatic carbocycles. The Labute approximate surface area is 111 Å². The van der Waals surface area contributed by atoms with Crippen LogP contribution in [-0.4, -0.2) is 48.5 Å². The van der Waals surface area contributed by atoms with Gasteiger partial charge in [-0.2, -0.15) is 0 Å². The van der Waals surface area contributed by atoms with Crippen LogP contribution in [0.15, 0.2) is 24.3 Å². The third-order valence-electron chi connectivity index (χ3n) is 2.52. The molecule has 0 heterocycles. The van der Waals surface area contributed by atoms with Crippen LogP contribution < -0.4 is 10.1 Å². The molecule has 108 valence electrons. The summed E-state index contributed by atoms with van der Waals surface area (Å²) in [5, 5.41) is 20.3. The summed E-state index contributed by atoms with van der Waals surface area (Å²) in [5.74, 6) is -2.52. The molecule has 4 nitrogen and oxygen atoms in total. The third-order valence-corrected chi connectivity index (χ3v) is 2.52. The minimum atomic E-state index is -3.17. The Balaban J connectivity index is 2.25. The van der Waals surface area contributed by atoms with Gasteiger partial charge in [-0.3, -0.25) is 0 Å². The lowest BCUT2D eigenvalue weighted by atomic mass is 10.2. The van der Waals surface area contributed by atoms with Gasteiger partial charge in [0.15, 0.2) is 0 Å². The summed E-state index contributed by atoms with van der Waals surface area (Å²) in [4.78, 5) is 0. The van der Waals surface area contributed by atoms with E-state index in [-0.39, 0.29) is 13.2 Å². The fourth-order valence-electron chi connectivity index (χ4n) is 1.44. The Hall–Kier alpha value is -1.24. The third kappa shape index (κ3) is 5.96. The van der Waals surface area contributed by atoms with Crippen LogP contribution in [0.3, 0.4) is 0 Å². The van der Waals surface area contributed by atoms with E-state index in [9.17, 15) is 13.9 Å². The Morgan fingerprint density at radius 3 is 2.68 bits per heavy atom. The van der Waals surface area contributed by atoms with E-state index >= 15 is 0 Å². The summed E-state index contributed by atoms with van der Waals surface area (Å²) >= 11 is 0. The molecule has 0 spiro atoms. The van der Waals surface area contributed by atoms with Crippen molar-refractivity contribution in [1.29, 1.82) is 0 Å². The number of hydrogen-bond acceptors (Lipinski definition) is 4. The van der Waals surface area contributed by atoms with Crippen molar-refractivity contribution in [3.63, 3.8) is 0 Å². The van der Waals surface area contributed by atoms with Gasteiger partial charge in [-0.1, -0.05) is 18.2 Å². The highest BCUT2D eigenvalue weighted by Gasteiger charge is 2.27. The molecule has 3 N–H and O–H groups in total. The second kappa shape index (κ2) is 7.37. The van der Waals surface area contributed by atoms with E-state index in [1.807, 2.05) is 25.1 Å². The fraction of sp³-hybridized carbons (Fsp3) is 0.538. The topological polar surface area (TPSA) is 61.7 Å². The second-order valence-electron chi connectivity index (χ2n) is 4.38. The summed E-state index contributed by atoms with van der Waals surface area (Å²) in [7, 11) is 0. The molecular weight excluding hydrogens is 256 g/mol. The molecular formula is C13H19F2NO3. The lowest BCUT2D eigenvalue weighted by Gasteiger charge is -2.17. The maximum Gasteiger partial charge on any atom is 0.282 e.